The Morgan fingerprint density at radius 1 is 1.33 bits per heavy atom. The van der Waals surface area contributed by atoms with E-state index in [1.165, 1.54) is 19.3 Å². The van der Waals surface area contributed by atoms with Gasteiger partial charge >= 0.3 is 0 Å². The highest BCUT2D eigenvalue weighted by Gasteiger charge is 2.32. The van der Waals surface area contributed by atoms with Crippen LogP contribution >= 0.6 is 11.8 Å². The Morgan fingerprint density at radius 3 is 2.81 bits per heavy atom. The van der Waals surface area contributed by atoms with Crippen molar-refractivity contribution >= 4 is 11.8 Å². The number of aromatic nitrogens is 5. The van der Waals surface area contributed by atoms with Crippen LogP contribution in [0.3, 0.4) is 0 Å². The summed E-state index contributed by atoms with van der Waals surface area (Å²) in [6.45, 7) is 7.66. The van der Waals surface area contributed by atoms with Crippen LogP contribution in [0.5, 0.6) is 0 Å². The molecule has 0 aliphatic heterocycles. The topological polar surface area (TPSA) is 56.5 Å². The summed E-state index contributed by atoms with van der Waals surface area (Å²) in [5, 5.41) is 10.4. The zero-order valence-electron chi connectivity index (χ0n) is 12.8. The van der Waals surface area contributed by atoms with Gasteiger partial charge in [0.2, 0.25) is 0 Å². The van der Waals surface area contributed by atoms with E-state index in [0.29, 0.717) is 10.7 Å². The fourth-order valence-electron chi connectivity index (χ4n) is 2.89. The third-order valence-electron chi connectivity index (χ3n) is 4.02. The molecule has 2 aromatic heterocycles. The van der Waals surface area contributed by atoms with Crippen molar-refractivity contribution in [3.05, 3.63) is 18.6 Å². The maximum absolute atomic E-state index is 4.38. The quantitative estimate of drug-likeness (QED) is 0.866. The molecule has 0 spiro atoms. The van der Waals surface area contributed by atoms with Gasteiger partial charge in [-0.05, 0) is 31.6 Å². The predicted octanol–water partition coefficient (Wildman–Crippen LogP) is 3.43. The summed E-state index contributed by atoms with van der Waals surface area (Å²) in [7, 11) is 0. The van der Waals surface area contributed by atoms with Crippen LogP contribution in [0.4, 0.5) is 0 Å². The average molecular weight is 303 g/mol. The highest BCUT2D eigenvalue weighted by atomic mass is 32.2. The van der Waals surface area contributed by atoms with Crippen molar-refractivity contribution in [1.82, 2.24) is 24.7 Å². The minimum Gasteiger partial charge on any atom is -0.301 e. The summed E-state index contributed by atoms with van der Waals surface area (Å²) in [5.74, 6) is 0.811. The molecule has 3 rings (SSSR count). The number of hydrogen-bond donors (Lipinski definition) is 0. The van der Waals surface area contributed by atoms with E-state index < -0.39 is 0 Å². The lowest BCUT2D eigenvalue weighted by molar-refractivity contribution is 0.383. The van der Waals surface area contributed by atoms with Gasteiger partial charge in [0.1, 0.15) is 5.69 Å². The molecule has 0 radical (unpaired) electrons. The summed E-state index contributed by atoms with van der Waals surface area (Å²) in [4.78, 5) is 8.45. The van der Waals surface area contributed by atoms with Gasteiger partial charge in [0.05, 0.1) is 6.20 Å². The van der Waals surface area contributed by atoms with Crippen LogP contribution in [0.1, 0.15) is 40.0 Å². The fourth-order valence-corrected chi connectivity index (χ4v) is 4.39. The van der Waals surface area contributed by atoms with Gasteiger partial charge in [0, 0.05) is 24.2 Å². The third kappa shape index (κ3) is 3.10. The maximum Gasteiger partial charge on any atom is 0.191 e. The Labute approximate surface area is 129 Å². The predicted molar refractivity (Wildman–Crippen MR) is 84.0 cm³/mol. The zero-order valence-corrected chi connectivity index (χ0v) is 13.6. The van der Waals surface area contributed by atoms with E-state index >= 15 is 0 Å². The molecule has 5 nitrogen and oxygen atoms in total. The monoisotopic (exact) mass is 303 g/mol. The number of nitrogens with zero attached hydrogens (tertiary/aromatic N) is 5. The van der Waals surface area contributed by atoms with Crippen LogP contribution in [0.25, 0.3) is 11.5 Å². The number of thioether (sulfide) groups is 1. The molecule has 1 aliphatic carbocycles. The molecule has 0 saturated heterocycles. The fraction of sp³-hybridized carbons (Fsp3) is 0.600. The molecule has 21 heavy (non-hydrogen) atoms. The van der Waals surface area contributed by atoms with Gasteiger partial charge in [-0.15, -0.1) is 10.2 Å². The second-order valence-electron chi connectivity index (χ2n) is 6.29. The van der Waals surface area contributed by atoms with Gasteiger partial charge in [-0.3, -0.25) is 4.98 Å². The molecule has 2 aromatic rings. The van der Waals surface area contributed by atoms with Crippen LogP contribution in [-0.2, 0) is 6.54 Å². The summed E-state index contributed by atoms with van der Waals surface area (Å²) >= 11 is 1.86. The highest BCUT2D eigenvalue weighted by molar-refractivity contribution is 7.99. The Hall–Kier alpha value is -1.43. The summed E-state index contributed by atoms with van der Waals surface area (Å²) in [5.41, 5.74) is 1.24. The molecule has 1 unspecified atom stereocenters. The smallest absolute Gasteiger partial charge is 0.191 e. The Bertz CT molecular complexity index is 608. The zero-order chi connectivity index (χ0) is 14.9. The van der Waals surface area contributed by atoms with Gasteiger partial charge in [-0.1, -0.05) is 25.6 Å². The Morgan fingerprint density at radius 2 is 2.19 bits per heavy atom. The third-order valence-corrected chi connectivity index (χ3v) is 5.27. The second kappa shape index (κ2) is 5.75. The van der Waals surface area contributed by atoms with Gasteiger partial charge in [-0.2, -0.15) is 0 Å². The summed E-state index contributed by atoms with van der Waals surface area (Å²) < 4.78 is 2.14. The van der Waals surface area contributed by atoms with Crippen molar-refractivity contribution in [1.29, 1.82) is 0 Å². The molecule has 0 amide bonds. The normalized spacial score (nSPS) is 20.8. The van der Waals surface area contributed by atoms with Crippen LogP contribution in [0.15, 0.2) is 23.7 Å². The standard InChI is InChI=1S/C15H21N5S/c1-4-20-13(12-10-16-7-8-17-12)18-19-14(20)21-11-5-6-15(2,3)9-11/h7-8,10-11H,4-6,9H2,1-3H3. The van der Waals surface area contributed by atoms with Crippen molar-refractivity contribution in [2.75, 3.05) is 0 Å². The molecule has 0 N–H and O–H groups in total. The second-order valence-corrected chi connectivity index (χ2v) is 7.56. The average Bonchev–Trinajstić information content (AvgIpc) is 3.03. The molecule has 1 atom stereocenters. The van der Waals surface area contributed by atoms with E-state index in [-0.39, 0.29) is 0 Å². The van der Waals surface area contributed by atoms with Crippen LogP contribution in [-0.4, -0.2) is 30.0 Å². The van der Waals surface area contributed by atoms with Crippen LogP contribution < -0.4 is 0 Å². The first-order chi connectivity index (χ1) is 10.1. The van der Waals surface area contributed by atoms with Crippen molar-refractivity contribution in [3.63, 3.8) is 0 Å². The van der Waals surface area contributed by atoms with Gasteiger partial charge in [-0.25, -0.2) is 4.98 Å². The maximum atomic E-state index is 4.38. The van der Waals surface area contributed by atoms with Gasteiger partial charge in [0.15, 0.2) is 11.0 Å². The molecule has 1 saturated carbocycles. The molecule has 112 valence electrons. The van der Waals surface area contributed by atoms with Crippen molar-refractivity contribution in [2.24, 2.45) is 5.41 Å². The SMILES string of the molecule is CCn1c(SC2CCC(C)(C)C2)nnc1-c1cnccn1. The lowest BCUT2D eigenvalue weighted by atomic mass is 9.92. The Kier molecular flexibility index (Phi) is 3.97. The first kappa shape index (κ1) is 14.5. The van der Waals surface area contributed by atoms with Crippen molar-refractivity contribution in [2.45, 2.75) is 57.0 Å². The minimum atomic E-state index is 0.461. The lowest BCUT2D eigenvalue weighted by Crippen LogP contribution is -2.07. The van der Waals surface area contributed by atoms with E-state index in [1.807, 2.05) is 11.8 Å². The summed E-state index contributed by atoms with van der Waals surface area (Å²) in [6, 6.07) is 0. The van der Waals surface area contributed by atoms with E-state index in [2.05, 4.69) is 45.5 Å². The summed E-state index contributed by atoms with van der Waals surface area (Å²) in [6.07, 6.45) is 8.90. The van der Waals surface area contributed by atoms with Crippen molar-refractivity contribution < 1.29 is 0 Å². The lowest BCUT2D eigenvalue weighted by Gasteiger charge is -2.16. The molecule has 1 fully saturated rings. The van der Waals surface area contributed by atoms with Gasteiger partial charge in [0.25, 0.3) is 0 Å². The number of hydrogen-bond acceptors (Lipinski definition) is 5. The Balaban J connectivity index is 1.83. The van der Waals surface area contributed by atoms with Gasteiger partial charge < -0.3 is 4.57 Å². The largest absolute Gasteiger partial charge is 0.301 e. The molecular weight excluding hydrogens is 282 g/mol. The molecule has 6 heteroatoms. The van der Waals surface area contributed by atoms with E-state index in [4.69, 9.17) is 0 Å². The molecule has 0 bridgehead atoms. The number of rotatable bonds is 4. The van der Waals surface area contributed by atoms with E-state index in [9.17, 15) is 0 Å². The first-order valence-corrected chi connectivity index (χ1v) is 8.33. The molecule has 0 aromatic carbocycles. The van der Waals surface area contributed by atoms with Crippen LogP contribution in [0.2, 0.25) is 0 Å². The van der Waals surface area contributed by atoms with E-state index in [1.54, 1.807) is 18.6 Å². The van der Waals surface area contributed by atoms with E-state index in [0.717, 1.165) is 23.2 Å². The first-order valence-electron chi connectivity index (χ1n) is 7.45. The van der Waals surface area contributed by atoms with Crippen molar-refractivity contribution in [3.8, 4) is 11.5 Å². The highest BCUT2D eigenvalue weighted by Crippen LogP contribution is 2.44. The van der Waals surface area contributed by atoms with Crippen LogP contribution in [0, 0.1) is 5.41 Å². The minimum absolute atomic E-state index is 0.461. The molecule has 1 aliphatic rings. The molecular formula is C15H21N5S. The molecule has 2 heterocycles.